The van der Waals surface area contributed by atoms with Crippen LogP contribution in [0.15, 0.2) is 54.6 Å². The Morgan fingerprint density at radius 2 is 1.77 bits per heavy atom. The zero-order chi connectivity index (χ0) is 27.7. The number of para-hydroxylation sites is 1. The summed E-state index contributed by atoms with van der Waals surface area (Å²) >= 11 is 0. The molecule has 3 heterocycles. The molecule has 210 valence electrons. The SMILES string of the molecule is CO[C@@](C(=O)N1CCC2(CC1)CC(=O)NCC2c1ccccc1OCC1CCO1)(c1ccccc1)C(F)(F)F. The number of ether oxygens (including phenoxy) is 3. The monoisotopic (exact) mass is 546 g/mol. The number of carbonyl (C=O) groups is 2. The summed E-state index contributed by atoms with van der Waals surface area (Å²) in [5.74, 6) is -0.640. The highest BCUT2D eigenvalue weighted by molar-refractivity contribution is 5.88. The summed E-state index contributed by atoms with van der Waals surface area (Å²) in [7, 11) is 0.914. The van der Waals surface area contributed by atoms with Gasteiger partial charge < -0.3 is 24.4 Å². The summed E-state index contributed by atoms with van der Waals surface area (Å²) in [5, 5.41) is 2.96. The number of piperidine rings is 2. The van der Waals surface area contributed by atoms with Gasteiger partial charge in [0.25, 0.3) is 11.5 Å². The lowest BCUT2D eigenvalue weighted by molar-refractivity contribution is -0.271. The molecule has 3 atom stereocenters. The Kier molecular flexibility index (Phi) is 7.61. The largest absolute Gasteiger partial charge is 0.491 e. The zero-order valence-electron chi connectivity index (χ0n) is 21.8. The van der Waals surface area contributed by atoms with Gasteiger partial charge in [-0.1, -0.05) is 48.5 Å². The maximum Gasteiger partial charge on any atom is 0.430 e. The number of alkyl halides is 3. The lowest BCUT2D eigenvalue weighted by Crippen LogP contribution is -2.60. The molecule has 3 aliphatic rings. The predicted octanol–water partition coefficient (Wildman–Crippen LogP) is 4.17. The van der Waals surface area contributed by atoms with E-state index in [2.05, 4.69) is 5.32 Å². The van der Waals surface area contributed by atoms with Crippen molar-refractivity contribution in [1.29, 1.82) is 0 Å². The first-order chi connectivity index (χ1) is 18.7. The van der Waals surface area contributed by atoms with Gasteiger partial charge in [0.2, 0.25) is 5.91 Å². The second-order valence-electron chi connectivity index (χ2n) is 10.6. The number of carbonyl (C=O) groups excluding carboxylic acids is 2. The minimum absolute atomic E-state index is 0.0617. The third-order valence-corrected chi connectivity index (χ3v) is 8.50. The van der Waals surface area contributed by atoms with E-state index in [-0.39, 0.29) is 43.0 Å². The number of amides is 2. The lowest BCUT2D eigenvalue weighted by atomic mass is 9.62. The van der Waals surface area contributed by atoms with Crippen LogP contribution >= 0.6 is 0 Å². The van der Waals surface area contributed by atoms with Gasteiger partial charge in [-0.15, -0.1) is 0 Å². The molecule has 0 saturated carbocycles. The van der Waals surface area contributed by atoms with Crippen molar-refractivity contribution in [1.82, 2.24) is 10.2 Å². The molecule has 2 amide bonds. The van der Waals surface area contributed by atoms with Gasteiger partial charge in [0.1, 0.15) is 12.4 Å². The van der Waals surface area contributed by atoms with Crippen LogP contribution in [0.1, 0.15) is 42.7 Å². The van der Waals surface area contributed by atoms with E-state index in [1.165, 1.54) is 29.2 Å². The first-order valence-corrected chi connectivity index (χ1v) is 13.3. The van der Waals surface area contributed by atoms with Crippen LogP contribution in [0.3, 0.4) is 0 Å². The first kappa shape index (κ1) is 27.5. The molecule has 7 nitrogen and oxygen atoms in total. The summed E-state index contributed by atoms with van der Waals surface area (Å²) in [6, 6.07) is 14.7. The average molecular weight is 547 g/mol. The summed E-state index contributed by atoms with van der Waals surface area (Å²) < 4.78 is 60.1. The number of nitrogens with zero attached hydrogens (tertiary/aromatic N) is 1. The fraction of sp³-hybridized carbons (Fsp3) is 0.517. The maximum atomic E-state index is 14.5. The molecule has 3 saturated heterocycles. The van der Waals surface area contributed by atoms with Crippen LogP contribution in [0.5, 0.6) is 5.75 Å². The van der Waals surface area contributed by atoms with Crippen molar-refractivity contribution < 1.29 is 37.0 Å². The second-order valence-corrected chi connectivity index (χ2v) is 10.6. The van der Waals surface area contributed by atoms with Gasteiger partial charge in [-0.25, -0.2) is 0 Å². The molecule has 0 aliphatic carbocycles. The number of hydrogen-bond donors (Lipinski definition) is 1. The van der Waals surface area contributed by atoms with Crippen LogP contribution in [0.2, 0.25) is 0 Å². The zero-order valence-corrected chi connectivity index (χ0v) is 21.8. The highest BCUT2D eigenvalue weighted by Gasteiger charge is 2.64. The molecular weight excluding hydrogens is 513 g/mol. The molecular formula is C29H33F3N2O5. The van der Waals surface area contributed by atoms with E-state index in [0.29, 0.717) is 31.7 Å². The third-order valence-electron chi connectivity index (χ3n) is 8.50. The van der Waals surface area contributed by atoms with Gasteiger partial charge in [0, 0.05) is 57.7 Å². The molecule has 0 radical (unpaired) electrons. The summed E-state index contributed by atoms with van der Waals surface area (Å²) in [6.07, 6.45) is -2.98. The summed E-state index contributed by atoms with van der Waals surface area (Å²) in [5.41, 5.74) is -2.94. The molecule has 0 bridgehead atoms. The molecule has 2 aromatic rings. The van der Waals surface area contributed by atoms with Gasteiger partial charge in [-0.2, -0.15) is 13.2 Å². The highest BCUT2D eigenvalue weighted by atomic mass is 19.4. The van der Waals surface area contributed by atoms with E-state index >= 15 is 0 Å². The number of methoxy groups -OCH3 is 1. The molecule has 2 unspecified atom stereocenters. The Bertz CT molecular complexity index is 1180. The average Bonchev–Trinajstić information content (AvgIpc) is 2.89. The van der Waals surface area contributed by atoms with Gasteiger partial charge in [0.05, 0.1) is 6.10 Å². The van der Waals surface area contributed by atoms with Crippen molar-refractivity contribution >= 4 is 11.8 Å². The number of hydrogen-bond acceptors (Lipinski definition) is 5. The normalized spacial score (nSPS) is 24.4. The number of halogens is 3. The van der Waals surface area contributed by atoms with Crippen molar-refractivity contribution in [3.8, 4) is 5.75 Å². The molecule has 3 aliphatic heterocycles. The Labute approximate surface area is 225 Å². The van der Waals surface area contributed by atoms with Gasteiger partial charge in [-0.05, 0) is 29.9 Å². The quantitative estimate of drug-likeness (QED) is 0.564. The standard InChI is InChI=1S/C29H33F3N2O5/c1-37-28(29(30,31)32,20-7-3-2-4-8-20)26(36)34-14-12-27(13-15-34)17-25(35)33-18-23(27)22-9-5-6-10-24(22)39-19-21-11-16-38-21/h2-10,21,23H,11-19H2,1H3,(H,33,35)/t21?,23?,28-/m1/s1. The van der Waals surface area contributed by atoms with Crippen LogP contribution in [-0.2, 0) is 24.7 Å². The Morgan fingerprint density at radius 3 is 2.38 bits per heavy atom. The van der Waals surface area contributed by atoms with Crippen LogP contribution in [0, 0.1) is 5.41 Å². The molecule has 3 fully saturated rings. The van der Waals surface area contributed by atoms with E-state index in [0.717, 1.165) is 25.7 Å². The second kappa shape index (κ2) is 10.8. The van der Waals surface area contributed by atoms with Gasteiger partial charge >= 0.3 is 6.18 Å². The highest BCUT2D eigenvalue weighted by Crippen LogP contribution is 2.52. The Hall–Kier alpha value is -3.11. The summed E-state index contributed by atoms with van der Waals surface area (Å²) in [6.45, 7) is 1.71. The van der Waals surface area contributed by atoms with E-state index in [4.69, 9.17) is 14.2 Å². The Morgan fingerprint density at radius 1 is 1.10 bits per heavy atom. The molecule has 5 rings (SSSR count). The fourth-order valence-corrected chi connectivity index (χ4v) is 6.18. The van der Waals surface area contributed by atoms with E-state index in [1.54, 1.807) is 6.07 Å². The molecule has 10 heteroatoms. The third kappa shape index (κ3) is 5.00. The molecule has 0 aromatic heterocycles. The number of likely N-dealkylation sites (tertiary alicyclic amines) is 1. The minimum Gasteiger partial charge on any atom is -0.491 e. The van der Waals surface area contributed by atoms with Crippen LogP contribution in [0.25, 0.3) is 0 Å². The van der Waals surface area contributed by atoms with Crippen LogP contribution in [-0.4, -0.2) is 69.0 Å². The van der Waals surface area contributed by atoms with Crippen molar-refractivity contribution in [3.05, 3.63) is 65.7 Å². The molecule has 1 spiro atoms. The van der Waals surface area contributed by atoms with Crippen LogP contribution in [0.4, 0.5) is 13.2 Å². The molecule has 1 N–H and O–H groups in total. The van der Waals surface area contributed by atoms with Gasteiger partial charge in [0.15, 0.2) is 0 Å². The summed E-state index contributed by atoms with van der Waals surface area (Å²) in [4.78, 5) is 27.4. The number of benzene rings is 2. The smallest absolute Gasteiger partial charge is 0.430 e. The van der Waals surface area contributed by atoms with Gasteiger partial charge in [-0.3, -0.25) is 9.59 Å². The van der Waals surface area contributed by atoms with E-state index in [9.17, 15) is 22.8 Å². The number of nitrogens with one attached hydrogen (secondary N) is 1. The van der Waals surface area contributed by atoms with E-state index in [1.807, 2.05) is 24.3 Å². The fourth-order valence-electron chi connectivity index (χ4n) is 6.18. The number of rotatable bonds is 7. The molecule has 39 heavy (non-hydrogen) atoms. The lowest BCUT2D eigenvalue weighted by Gasteiger charge is -2.50. The first-order valence-electron chi connectivity index (χ1n) is 13.3. The van der Waals surface area contributed by atoms with Crippen molar-refractivity contribution in [2.24, 2.45) is 5.41 Å². The minimum atomic E-state index is -4.97. The van der Waals surface area contributed by atoms with E-state index < -0.39 is 23.1 Å². The van der Waals surface area contributed by atoms with Crippen molar-refractivity contribution in [3.63, 3.8) is 0 Å². The topological polar surface area (TPSA) is 77.1 Å². The Balaban J connectivity index is 1.39. The molecule has 2 aromatic carbocycles. The van der Waals surface area contributed by atoms with Crippen molar-refractivity contribution in [2.45, 2.75) is 49.5 Å². The predicted molar refractivity (Wildman–Crippen MR) is 136 cm³/mol. The van der Waals surface area contributed by atoms with Crippen LogP contribution < -0.4 is 10.1 Å². The van der Waals surface area contributed by atoms with Crippen molar-refractivity contribution in [2.75, 3.05) is 40.0 Å². The maximum absolute atomic E-state index is 14.5.